The van der Waals surface area contributed by atoms with E-state index in [9.17, 15) is 0 Å². The van der Waals surface area contributed by atoms with Crippen LogP contribution in [0.15, 0.2) is 23.6 Å². The SMILES string of the molecule is COCCN=C(N)c1cnccn1. The fourth-order valence-corrected chi connectivity index (χ4v) is 0.770. The van der Waals surface area contributed by atoms with E-state index in [0.29, 0.717) is 24.7 Å². The van der Waals surface area contributed by atoms with Crippen LogP contribution >= 0.6 is 0 Å². The molecule has 5 heteroatoms. The summed E-state index contributed by atoms with van der Waals surface area (Å²) in [6.45, 7) is 1.10. The van der Waals surface area contributed by atoms with E-state index in [2.05, 4.69) is 15.0 Å². The smallest absolute Gasteiger partial charge is 0.146 e. The Morgan fingerprint density at radius 2 is 2.46 bits per heavy atom. The van der Waals surface area contributed by atoms with Gasteiger partial charge in [0.2, 0.25) is 0 Å². The lowest BCUT2D eigenvalue weighted by atomic mass is 10.4. The quantitative estimate of drug-likeness (QED) is 0.396. The van der Waals surface area contributed by atoms with Gasteiger partial charge in [0.1, 0.15) is 11.5 Å². The molecule has 0 saturated heterocycles. The van der Waals surface area contributed by atoms with Gasteiger partial charge in [-0.1, -0.05) is 0 Å². The molecule has 1 rings (SSSR count). The third-order valence-electron chi connectivity index (χ3n) is 1.40. The van der Waals surface area contributed by atoms with E-state index in [1.807, 2.05) is 0 Å². The number of aromatic nitrogens is 2. The highest BCUT2D eigenvalue weighted by molar-refractivity contribution is 5.95. The summed E-state index contributed by atoms with van der Waals surface area (Å²) in [5, 5.41) is 0. The van der Waals surface area contributed by atoms with Crippen molar-refractivity contribution in [3.8, 4) is 0 Å². The predicted molar refractivity (Wildman–Crippen MR) is 49.5 cm³/mol. The van der Waals surface area contributed by atoms with Crippen LogP contribution in [0.2, 0.25) is 0 Å². The first-order valence-corrected chi connectivity index (χ1v) is 3.90. The molecule has 1 aromatic rings. The van der Waals surface area contributed by atoms with E-state index >= 15 is 0 Å². The molecule has 13 heavy (non-hydrogen) atoms. The summed E-state index contributed by atoms with van der Waals surface area (Å²) in [5.41, 5.74) is 6.22. The zero-order chi connectivity index (χ0) is 9.52. The largest absolute Gasteiger partial charge is 0.383 e. The van der Waals surface area contributed by atoms with Gasteiger partial charge in [-0.05, 0) is 0 Å². The van der Waals surface area contributed by atoms with Crippen molar-refractivity contribution >= 4 is 5.84 Å². The van der Waals surface area contributed by atoms with Crippen LogP contribution in [0.4, 0.5) is 0 Å². The number of hydrogen-bond acceptors (Lipinski definition) is 4. The van der Waals surface area contributed by atoms with Crippen molar-refractivity contribution in [2.75, 3.05) is 20.3 Å². The van der Waals surface area contributed by atoms with E-state index in [0.717, 1.165) is 0 Å². The molecule has 70 valence electrons. The van der Waals surface area contributed by atoms with Crippen LogP contribution < -0.4 is 5.73 Å². The summed E-state index contributed by atoms with van der Waals surface area (Å²) in [6.07, 6.45) is 4.74. The third-order valence-corrected chi connectivity index (χ3v) is 1.40. The van der Waals surface area contributed by atoms with Crippen molar-refractivity contribution in [1.82, 2.24) is 9.97 Å². The lowest BCUT2D eigenvalue weighted by molar-refractivity contribution is 0.208. The van der Waals surface area contributed by atoms with Gasteiger partial charge in [0.15, 0.2) is 0 Å². The Hall–Kier alpha value is -1.49. The Bertz CT molecular complexity index is 273. The summed E-state index contributed by atoms with van der Waals surface area (Å²) >= 11 is 0. The van der Waals surface area contributed by atoms with Crippen molar-refractivity contribution in [3.63, 3.8) is 0 Å². The van der Waals surface area contributed by atoms with Gasteiger partial charge in [0.25, 0.3) is 0 Å². The fourth-order valence-electron chi connectivity index (χ4n) is 0.770. The van der Waals surface area contributed by atoms with E-state index in [-0.39, 0.29) is 0 Å². The number of rotatable bonds is 4. The summed E-state index contributed by atoms with van der Waals surface area (Å²) in [6, 6.07) is 0. The van der Waals surface area contributed by atoms with Crippen molar-refractivity contribution < 1.29 is 4.74 Å². The van der Waals surface area contributed by atoms with Gasteiger partial charge in [-0.3, -0.25) is 9.98 Å². The summed E-state index contributed by atoms with van der Waals surface area (Å²) in [5.74, 6) is 0.394. The van der Waals surface area contributed by atoms with Gasteiger partial charge in [-0.2, -0.15) is 0 Å². The number of nitrogens with zero attached hydrogens (tertiary/aromatic N) is 3. The van der Waals surface area contributed by atoms with Crippen LogP contribution in [0.3, 0.4) is 0 Å². The Kier molecular flexibility index (Phi) is 3.84. The maximum absolute atomic E-state index is 5.63. The predicted octanol–water partition coefficient (Wildman–Crippen LogP) is -0.172. The number of aliphatic imine (C=N–C) groups is 1. The second-order valence-corrected chi connectivity index (χ2v) is 2.35. The number of methoxy groups -OCH3 is 1. The molecule has 0 radical (unpaired) electrons. The summed E-state index contributed by atoms with van der Waals surface area (Å²) in [7, 11) is 1.62. The number of ether oxygens (including phenoxy) is 1. The average molecular weight is 180 g/mol. The van der Waals surface area contributed by atoms with Crippen LogP contribution in [0.1, 0.15) is 5.69 Å². The van der Waals surface area contributed by atoms with Gasteiger partial charge in [0, 0.05) is 19.5 Å². The third kappa shape index (κ3) is 3.16. The normalized spacial score (nSPS) is 11.6. The minimum Gasteiger partial charge on any atom is -0.383 e. The lowest BCUT2D eigenvalue weighted by Crippen LogP contribution is -2.16. The Balaban J connectivity index is 2.57. The highest BCUT2D eigenvalue weighted by Crippen LogP contribution is 1.89. The van der Waals surface area contributed by atoms with E-state index in [1.54, 1.807) is 25.7 Å². The van der Waals surface area contributed by atoms with Gasteiger partial charge in [0.05, 0.1) is 19.3 Å². The number of nitrogens with two attached hydrogens (primary N) is 1. The second-order valence-electron chi connectivity index (χ2n) is 2.35. The molecule has 5 nitrogen and oxygen atoms in total. The molecule has 0 aliphatic heterocycles. The first kappa shape index (κ1) is 9.60. The Morgan fingerprint density at radius 3 is 3.08 bits per heavy atom. The minimum absolute atomic E-state index is 0.394. The van der Waals surface area contributed by atoms with E-state index in [4.69, 9.17) is 10.5 Å². The lowest BCUT2D eigenvalue weighted by Gasteiger charge is -1.98. The Labute approximate surface area is 76.7 Å². The zero-order valence-corrected chi connectivity index (χ0v) is 7.47. The highest BCUT2D eigenvalue weighted by Gasteiger charge is 1.97. The first-order valence-electron chi connectivity index (χ1n) is 3.90. The molecule has 2 N–H and O–H groups in total. The molecule has 0 aliphatic carbocycles. The highest BCUT2D eigenvalue weighted by atomic mass is 16.5. The monoisotopic (exact) mass is 180 g/mol. The molecule has 0 aliphatic rings. The van der Waals surface area contributed by atoms with Crippen molar-refractivity contribution in [1.29, 1.82) is 0 Å². The van der Waals surface area contributed by atoms with Crippen LogP contribution in [-0.4, -0.2) is 36.1 Å². The first-order chi connectivity index (χ1) is 6.34. The van der Waals surface area contributed by atoms with E-state index < -0.39 is 0 Å². The van der Waals surface area contributed by atoms with E-state index in [1.165, 1.54) is 0 Å². The van der Waals surface area contributed by atoms with Gasteiger partial charge in [-0.15, -0.1) is 0 Å². The van der Waals surface area contributed by atoms with Crippen molar-refractivity contribution in [2.45, 2.75) is 0 Å². The maximum atomic E-state index is 5.63. The Morgan fingerprint density at radius 1 is 1.62 bits per heavy atom. The molecule has 0 spiro atoms. The van der Waals surface area contributed by atoms with Gasteiger partial charge < -0.3 is 10.5 Å². The zero-order valence-electron chi connectivity index (χ0n) is 7.47. The fraction of sp³-hybridized carbons (Fsp3) is 0.375. The van der Waals surface area contributed by atoms with Crippen LogP contribution in [0.5, 0.6) is 0 Å². The molecule has 0 atom stereocenters. The molecule has 0 saturated carbocycles. The average Bonchev–Trinajstić information content (AvgIpc) is 2.19. The second kappa shape index (κ2) is 5.21. The summed E-state index contributed by atoms with van der Waals surface area (Å²) < 4.78 is 4.83. The minimum atomic E-state index is 0.394. The topological polar surface area (TPSA) is 73.4 Å². The van der Waals surface area contributed by atoms with Crippen molar-refractivity contribution in [2.24, 2.45) is 10.7 Å². The van der Waals surface area contributed by atoms with Crippen LogP contribution in [0.25, 0.3) is 0 Å². The molecule has 1 heterocycles. The number of amidine groups is 1. The molecule has 0 fully saturated rings. The van der Waals surface area contributed by atoms with Crippen LogP contribution in [0, 0.1) is 0 Å². The molecule has 0 bridgehead atoms. The van der Waals surface area contributed by atoms with Gasteiger partial charge >= 0.3 is 0 Å². The molecule has 0 aromatic carbocycles. The standard InChI is InChI=1S/C8H12N4O/c1-13-5-4-12-8(9)7-6-10-2-3-11-7/h2-3,6H,4-5H2,1H3,(H2,9,12). The summed E-state index contributed by atoms with van der Waals surface area (Å²) in [4.78, 5) is 11.9. The molecule has 1 aromatic heterocycles. The van der Waals surface area contributed by atoms with Crippen molar-refractivity contribution in [3.05, 3.63) is 24.3 Å². The van der Waals surface area contributed by atoms with Gasteiger partial charge in [-0.25, -0.2) is 4.98 Å². The van der Waals surface area contributed by atoms with Crippen LogP contribution in [-0.2, 0) is 4.74 Å². The molecular formula is C8H12N4O. The molecule has 0 unspecified atom stereocenters. The molecule has 0 amide bonds. The molecular weight excluding hydrogens is 168 g/mol. The maximum Gasteiger partial charge on any atom is 0.146 e. The number of hydrogen-bond donors (Lipinski definition) is 1.